The van der Waals surface area contributed by atoms with Gasteiger partial charge in [0.2, 0.25) is 0 Å². The summed E-state index contributed by atoms with van der Waals surface area (Å²) in [7, 11) is 1.50. The molecule has 1 aliphatic heterocycles. The molecule has 1 saturated carbocycles. The minimum Gasteiger partial charge on any atom is -0.496 e. The van der Waals surface area contributed by atoms with Crippen LogP contribution in [-0.2, 0) is 6.42 Å². The number of carbonyl (C=O) groups is 1. The highest BCUT2D eigenvalue weighted by Gasteiger charge is 2.48. The first kappa shape index (κ1) is 28.5. The van der Waals surface area contributed by atoms with E-state index in [-0.39, 0.29) is 42.6 Å². The number of para-hydroxylation sites is 1. The van der Waals surface area contributed by atoms with Crippen LogP contribution in [0.2, 0.25) is 0 Å². The Morgan fingerprint density at radius 2 is 1.90 bits per heavy atom. The number of likely N-dealkylation sites (tertiary alicyclic amines) is 1. The van der Waals surface area contributed by atoms with Gasteiger partial charge in [-0.25, -0.2) is 0 Å². The van der Waals surface area contributed by atoms with Gasteiger partial charge in [-0.1, -0.05) is 18.2 Å². The molecular weight excluding hydrogens is 519 g/mol. The Bertz CT molecular complexity index is 1450. The van der Waals surface area contributed by atoms with Crippen LogP contribution in [0.3, 0.4) is 0 Å². The molecule has 1 saturated heterocycles. The molecule has 3 heterocycles. The summed E-state index contributed by atoms with van der Waals surface area (Å²) in [5.74, 6) is 0.580. The number of methoxy groups -OCH3 is 1. The molecule has 0 bridgehead atoms. The molecule has 0 amide bonds. The zero-order chi connectivity index (χ0) is 28.8. The Morgan fingerprint density at radius 1 is 1.18 bits per heavy atom. The van der Waals surface area contributed by atoms with Gasteiger partial charge in [0.05, 0.1) is 12.7 Å². The highest BCUT2D eigenvalue weighted by atomic mass is 19.4. The predicted molar refractivity (Wildman–Crippen MR) is 149 cm³/mol. The fourth-order valence-electron chi connectivity index (χ4n) is 6.62. The van der Waals surface area contributed by atoms with Gasteiger partial charge in [0.15, 0.2) is 5.78 Å². The van der Waals surface area contributed by atoms with Crippen molar-refractivity contribution in [2.75, 3.05) is 20.2 Å². The summed E-state index contributed by atoms with van der Waals surface area (Å²) in [6.07, 6.45) is -1.14. The molecule has 5 rings (SSSR count). The lowest BCUT2D eigenvalue weighted by atomic mass is 9.85. The molecule has 0 radical (unpaired) electrons. The van der Waals surface area contributed by atoms with Gasteiger partial charge >= 0.3 is 6.18 Å². The number of hydrogen-bond acceptors (Lipinski definition) is 4. The normalized spacial score (nSPS) is 21.1. The molecule has 6 nitrogen and oxygen atoms in total. The average molecular weight is 558 g/mol. The Kier molecular flexibility index (Phi) is 7.88. The van der Waals surface area contributed by atoms with Crippen molar-refractivity contribution < 1.29 is 22.7 Å². The molecule has 1 aliphatic carbocycles. The number of fused-ring (bicyclic) bond motifs is 1. The Morgan fingerprint density at radius 3 is 2.58 bits per heavy atom. The van der Waals surface area contributed by atoms with E-state index in [1.54, 1.807) is 17.9 Å². The third kappa shape index (κ3) is 5.57. The van der Waals surface area contributed by atoms with Crippen molar-refractivity contribution in [2.24, 2.45) is 11.8 Å². The minimum absolute atomic E-state index is 0.0581. The number of piperidine rings is 1. The van der Waals surface area contributed by atoms with E-state index in [1.165, 1.54) is 7.11 Å². The van der Waals surface area contributed by atoms with Gasteiger partial charge < -0.3 is 14.3 Å². The predicted octanol–water partition coefficient (Wildman–Crippen LogP) is 6.38. The van der Waals surface area contributed by atoms with E-state index in [0.29, 0.717) is 48.0 Å². The number of nitrogens with one attached hydrogen (secondary N) is 1. The molecule has 40 heavy (non-hydrogen) atoms. The molecule has 1 aromatic carbocycles. The number of halogens is 3. The number of aryl methyl sites for hydroxylation is 1. The second-order valence-corrected chi connectivity index (χ2v) is 11.6. The zero-order valence-corrected chi connectivity index (χ0v) is 23.6. The third-order valence-corrected chi connectivity index (χ3v) is 8.90. The number of aromatic nitrogens is 2. The van der Waals surface area contributed by atoms with Crippen molar-refractivity contribution in [1.29, 1.82) is 0 Å². The largest absolute Gasteiger partial charge is 0.496 e. The topological polar surface area (TPSA) is 67.3 Å². The minimum atomic E-state index is -4.27. The Labute approximate surface area is 232 Å². The summed E-state index contributed by atoms with van der Waals surface area (Å²) in [6, 6.07) is 7.70. The summed E-state index contributed by atoms with van der Waals surface area (Å²) >= 11 is 0. The number of alkyl halides is 3. The highest BCUT2D eigenvalue weighted by Crippen LogP contribution is 2.43. The van der Waals surface area contributed by atoms with Gasteiger partial charge in [0.1, 0.15) is 11.8 Å². The standard InChI is InChI=1S/C31H38F3N3O3/c1-18-15-27(40-4)24(30(39)35-18)11-12-26(38)29-20(3)37(25-8-6-5-7-23(25)29)19(2)22-13-14-36(17-21-9-10-21)28(16-22)31(32,33)34/h5-8,15,19,21-22,28H,9-14,16-17H2,1-4H3,(H,35,39). The van der Waals surface area contributed by atoms with Crippen LogP contribution < -0.4 is 10.3 Å². The lowest BCUT2D eigenvalue weighted by molar-refractivity contribution is -0.197. The van der Waals surface area contributed by atoms with E-state index in [0.717, 1.165) is 29.4 Å². The lowest BCUT2D eigenvalue weighted by Gasteiger charge is -2.42. The average Bonchev–Trinajstić information content (AvgIpc) is 3.67. The first-order valence-corrected chi connectivity index (χ1v) is 14.2. The second-order valence-electron chi connectivity index (χ2n) is 11.6. The smallest absolute Gasteiger partial charge is 0.404 e. The molecule has 2 aliphatic rings. The number of pyridine rings is 1. The number of ether oxygens (including phenoxy) is 1. The van der Waals surface area contributed by atoms with E-state index < -0.39 is 12.2 Å². The molecule has 2 fully saturated rings. The fraction of sp³-hybridized carbons (Fsp3) is 0.548. The summed E-state index contributed by atoms with van der Waals surface area (Å²) in [5.41, 5.74) is 3.01. The summed E-state index contributed by atoms with van der Waals surface area (Å²) < 4.78 is 49.9. The van der Waals surface area contributed by atoms with Crippen LogP contribution in [0.5, 0.6) is 5.75 Å². The quantitative estimate of drug-likeness (QED) is 0.310. The lowest BCUT2D eigenvalue weighted by Crippen LogP contribution is -2.52. The van der Waals surface area contributed by atoms with Crippen LogP contribution in [0.25, 0.3) is 10.9 Å². The first-order valence-electron chi connectivity index (χ1n) is 14.2. The molecule has 1 N–H and O–H groups in total. The number of hydrogen-bond donors (Lipinski definition) is 1. The van der Waals surface area contributed by atoms with E-state index in [4.69, 9.17) is 4.74 Å². The molecular formula is C31H38F3N3O3. The van der Waals surface area contributed by atoms with Gasteiger partial charge in [0, 0.05) is 46.9 Å². The van der Waals surface area contributed by atoms with E-state index in [9.17, 15) is 22.8 Å². The molecule has 3 unspecified atom stereocenters. The fourth-order valence-corrected chi connectivity index (χ4v) is 6.62. The van der Waals surface area contributed by atoms with Crippen LogP contribution in [0, 0.1) is 25.7 Å². The third-order valence-electron chi connectivity index (χ3n) is 8.90. The molecule has 216 valence electrons. The van der Waals surface area contributed by atoms with Gasteiger partial charge in [-0.3, -0.25) is 14.5 Å². The van der Waals surface area contributed by atoms with Crippen LogP contribution in [0.1, 0.15) is 72.4 Å². The SMILES string of the molecule is COc1cc(C)[nH]c(=O)c1CCC(=O)c1c(C)n(C(C)C2CCN(CC3CC3)C(C(F)(F)F)C2)c2ccccc12. The van der Waals surface area contributed by atoms with E-state index in [2.05, 4.69) is 9.55 Å². The Balaban J connectivity index is 1.42. The van der Waals surface area contributed by atoms with Crippen LogP contribution >= 0.6 is 0 Å². The molecule has 9 heteroatoms. The second kappa shape index (κ2) is 11.1. The zero-order valence-electron chi connectivity index (χ0n) is 23.6. The number of aromatic amines is 1. The van der Waals surface area contributed by atoms with Gasteiger partial charge in [0.25, 0.3) is 5.56 Å². The van der Waals surface area contributed by atoms with Crippen molar-refractivity contribution in [3.8, 4) is 5.75 Å². The van der Waals surface area contributed by atoms with Gasteiger partial charge in [-0.05, 0) is 83.4 Å². The first-order chi connectivity index (χ1) is 19.0. The molecule has 0 spiro atoms. The maximum atomic E-state index is 14.1. The van der Waals surface area contributed by atoms with Gasteiger partial charge in [-0.15, -0.1) is 0 Å². The van der Waals surface area contributed by atoms with Crippen molar-refractivity contribution in [1.82, 2.24) is 14.5 Å². The molecule has 3 atom stereocenters. The summed E-state index contributed by atoms with van der Waals surface area (Å²) in [5, 5.41) is 0.792. The van der Waals surface area contributed by atoms with Crippen molar-refractivity contribution >= 4 is 16.7 Å². The van der Waals surface area contributed by atoms with Crippen LogP contribution in [-0.4, -0.2) is 52.7 Å². The summed E-state index contributed by atoms with van der Waals surface area (Å²) in [4.78, 5) is 30.6. The maximum Gasteiger partial charge on any atom is 0.404 e. The van der Waals surface area contributed by atoms with Gasteiger partial charge in [-0.2, -0.15) is 13.2 Å². The number of benzene rings is 1. The van der Waals surface area contributed by atoms with Crippen LogP contribution in [0.15, 0.2) is 35.1 Å². The Hall–Kier alpha value is -3.07. The number of carbonyl (C=O) groups excluding carboxylic acids is 1. The molecule has 2 aromatic heterocycles. The highest BCUT2D eigenvalue weighted by molar-refractivity contribution is 6.09. The monoisotopic (exact) mass is 557 g/mol. The number of nitrogens with zero attached hydrogens (tertiary/aromatic N) is 2. The van der Waals surface area contributed by atoms with Crippen molar-refractivity contribution in [3.05, 3.63) is 63.2 Å². The van der Waals surface area contributed by atoms with Crippen molar-refractivity contribution in [2.45, 2.75) is 77.6 Å². The van der Waals surface area contributed by atoms with Crippen molar-refractivity contribution in [3.63, 3.8) is 0 Å². The van der Waals surface area contributed by atoms with E-state index in [1.807, 2.05) is 38.1 Å². The number of H-pyrrole nitrogens is 1. The number of ketones is 1. The maximum absolute atomic E-state index is 14.1. The van der Waals surface area contributed by atoms with Crippen LogP contribution in [0.4, 0.5) is 13.2 Å². The number of rotatable bonds is 9. The number of Topliss-reactive ketones (excluding diaryl/α,β-unsaturated/α-hetero) is 1. The molecule has 3 aromatic rings. The van der Waals surface area contributed by atoms with E-state index >= 15 is 0 Å². The summed E-state index contributed by atoms with van der Waals surface area (Å²) in [6.45, 7) is 6.61.